The van der Waals surface area contributed by atoms with Crippen LogP contribution in [0.2, 0.25) is 0 Å². The van der Waals surface area contributed by atoms with E-state index in [1.165, 1.54) is 16.4 Å². The lowest BCUT2D eigenvalue weighted by molar-refractivity contribution is 0.953. The number of imidazole rings is 1. The largest absolute Gasteiger partial charge is 0.294 e. The van der Waals surface area contributed by atoms with Crippen LogP contribution in [0.1, 0.15) is 0 Å². The Morgan fingerprint density at radius 2 is 0.957 bits per heavy atom. The van der Waals surface area contributed by atoms with Crippen molar-refractivity contribution in [2.24, 2.45) is 0 Å². The molecule has 0 bridgehead atoms. The summed E-state index contributed by atoms with van der Waals surface area (Å²) < 4.78 is 6.90. The number of nitrogens with zero attached hydrogens (tertiary/aromatic N) is 6. The Balaban J connectivity index is 1.25. The van der Waals surface area contributed by atoms with Crippen LogP contribution in [0, 0.1) is 0 Å². The van der Waals surface area contributed by atoms with Crippen molar-refractivity contribution in [1.82, 2.24) is 28.5 Å². The average molecular weight is 603 g/mol. The van der Waals surface area contributed by atoms with Crippen LogP contribution >= 0.6 is 0 Å². The summed E-state index contributed by atoms with van der Waals surface area (Å²) >= 11 is 0. The summed E-state index contributed by atoms with van der Waals surface area (Å²) in [6, 6.07) is 54.9. The van der Waals surface area contributed by atoms with Gasteiger partial charge in [-0.25, -0.2) is 4.98 Å². The van der Waals surface area contributed by atoms with Crippen molar-refractivity contribution in [2.45, 2.75) is 0 Å². The van der Waals surface area contributed by atoms with Crippen molar-refractivity contribution in [3.63, 3.8) is 0 Å². The lowest BCUT2D eigenvalue weighted by atomic mass is 10.1. The zero-order valence-corrected chi connectivity index (χ0v) is 25.2. The highest BCUT2D eigenvalue weighted by Crippen LogP contribution is 2.36. The van der Waals surface area contributed by atoms with Crippen molar-refractivity contribution in [1.29, 1.82) is 0 Å². The number of aromatic nitrogens is 6. The third-order valence-electron chi connectivity index (χ3n) is 9.09. The van der Waals surface area contributed by atoms with Gasteiger partial charge in [0.15, 0.2) is 11.6 Å². The predicted octanol–water partition coefficient (Wildman–Crippen LogP) is 9.65. The monoisotopic (exact) mass is 602 g/mol. The maximum atomic E-state index is 5.08. The Labute approximate surface area is 269 Å². The quantitative estimate of drug-likeness (QED) is 0.202. The first kappa shape index (κ1) is 25.8. The molecule has 0 radical (unpaired) electrons. The lowest BCUT2D eigenvalue weighted by Gasteiger charge is -2.11. The van der Waals surface area contributed by atoms with Gasteiger partial charge in [-0.15, -0.1) is 0 Å². The minimum Gasteiger partial charge on any atom is -0.294 e. The van der Waals surface area contributed by atoms with E-state index < -0.39 is 0 Å². The molecule has 0 spiro atoms. The molecule has 47 heavy (non-hydrogen) atoms. The van der Waals surface area contributed by atoms with E-state index in [0.717, 1.165) is 49.8 Å². The van der Waals surface area contributed by atoms with E-state index in [1.807, 2.05) is 60.7 Å². The molecular weight excluding hydrogens is 576 g/mol. The Kier molecular flexibility index (Phi) is 5.48. The molecule has 6 nitrogen and oxygen atoms in total. The molecule has 0 N–H and O–H groups in total. The van der Waals surface area contributed by atoms with Gasteiger partial charge < -0.3 is 0 Å². The summed E-state index contributed by atoms with van der Waals surface area (Å²) in [7, 11) is 0. The van der Waals surface area contributed by atoms with E-state index in [2.05, 4.69) is 111 Å². The first-order valence-electron chi connectivity index (χ1n) is 15.7. The number of para-hydroxylation sites is 4. The summed E-state index contributed by atoms with van der Waals surface area (Å²) in [6.45, 7) is 0. The van der Waals surface area contributed by atoms with Gasteiger partial charge >= 0.3 is 0 Å². The molecular formula is C41H26N6. The normalized spacial score (nSPS) is 11.8. The predicted molar refractivity (Wildman–Crippen MR) is 190 cm³/mol. The van der Waals surface area contributed by atoms with E-state index in [1.54, 1.807) is 0 Å². The lowest BCUT2D eigenvalue weighted by Crippen LogP contribution is -2.06. The minimum atomic E-state index is 0.586. The number of rotatable bonds is 4. The maximum absolute atomic E-state index is 5.08. The van der Waals surface area contributed by atoms with Gasteiger partial charge in [0, 0.05) is 33.0 Å². The molecule has 0 unspecified atom stereocenters. The smallest absolute Gasteiger partial charge is 0.238 e. The second-order valence-electron chi connectivity index (χ2n) is 11.8. The third-order valence-corrected chi connectivity index (χ3v) is 9.09. The Morgan fingerprint density at radius 3 is 1.68 bits per heavy atom. The molecule has 4 heterocycles. The summed E-state index contributed by atoms with van der Waals surface area (Å²) in [4.78, 5) is 15.1. The Hall–Kier alpha value is -6.53. The van der Waals surface area contributed by atoms with Crippen LogP contribution in [-0.4, -0.2) is 28.5 Å². The molecule has 0 fully saturated rings. The molecule has 0 amide bonds. The van der Waals surface area contributed by atoms with Crippen LogP contribution in [0.3, 0.4) is 0 Å². The zero-order chi connectivity index (χ0) is 30.9. The highest BCUT2D eigenvalue weighted by atomic mass is 15.2. The highest BCUT2D eigenvalue weighted by molar-refractivity contribution is 6.10. The first-order valence-corrected chi connectivity index (χ1v) is 15.7. The molecule has 0 aliphatic heterocycles. The van der Waals surface area contributed by atoms with E-state index in [4.69, 9.17) is 15.0 Å². The maximum Gasteiger partial charge on any atom is 0.238 e. The molecule has 10 rings (SSSR count). The zero-order valence-electron chi connectivity index (χ0n) is 25.2. The van der Waals surface area contributed by atoms with E-state index in [0.29, 0.717) is 17.6 Å². The van der Waals surface area contributed by atoms with Gasteiger partial charge in [0.2, 0.25) is 5.95 Å². The van der Waals surface area contributed by atoms with E-state index >= 15 is 0 Å². The van der Waals surface area contributed by atoms with Crippen LogP contribution in [-0.2, 0) is 0 Å². The molecule has 0 aliphatic rings. The van der Waals surface area contributed by atoms with Gasteiger partial charge in [-0.3, -0.25) is 13.5 Å². The Morgan fingerprint density at radius 1 is 0.383 bits per heavy atom. The van der Waals surface area contributed by atoms with Gasteiger partial charge in [0.1, 0.15) is 5.65 Å². The third kappa shape index (κ3) is 3.88. The average Bonchev–Trinajstić information content (AvgIpc) is 3.79. The molecule has 4 aromatic heterocycles. The van der Waals surface area contributed by atoms with Crippen molar-refractivity contribution in [2.75, 3.05) is 0 Å². The number of benzene rings is 6. The van der Waals surface area contributed by atoms with Gasteiger partial charge in [0.05, 0.1) is 27.6 Å². The number of hydrogen-bond donors (Lipinski definition) is 0. The van der Waals surface area contributed by atoms with Crippen molar-refractivity contribution in [3.05, 3.63) is 158 Å². The SMILES string of the molecule is c1ccc(-c2nc(-c3ccccc3)nc(-n3c4ccccc4c4cc(-n5c6ccccc6n6c7ccccc7cc56)ccc43)n2)cc1. The summed E-state index contributed by atoms with van der Waals surface area (Å²) in [5.74, 6) is 1.86. The molecule has 6 heteroatoms. The molecule has 6 aromatic carbocycles. The Bertz CT molecular complexity index is 2730. The molecule has 0 aliphatic carbocycles. The van der Waals surface area contributed by atoms with Crippen molar-refractivity contribution in [3.8, 4) is 34.4 Å². The second kappa shape index (κ2) is 9.99. The van der Waals surface area contributed by atoms with Crippen molar-refractivity contribution >= 4 is 49.4 Å². The van der Waals surface area contributed by atoms with Crippen molar-refractivity contribution < 1.29 is 0 Å². The van der Waals surface area contributed by atoms with E-state index in [9.17, 15) is 0 Å². The fraction of sp³-hybridized carbons (Fsp3) is 0. The highest BCUT2D eigenvalue weighted by Gasteiger charge is 2.20. The summed E-state index contributed by atoms with van der Waals surface area (Å²) in [5, 5.41) is 3.49. The molecule has 0 saturated heterocycles. The molecule has 0 saturated carbocycles. The summed E-state index contributed by atoms with van der Waals surface area (Å²) in [5.41, 5.74) is 9.74. The van der Waals surface area contributed by atoms with Crippen LogP contribution in [0.15, 0.2) is 158 Å². The van der Waals surface area contributed by atoms with Crippen LogP contribution in [0.4, 0.5) is 0 Å². The van der Waals surface area contributed by atoms with Crippen LogP contribution in [0.25, 0.3) is 83.8 Å². The second-order valence-corrected chi connectivity index (χ2v) is 11.8. The number of hydrogen-bond acceptors (Lipinski definition) is 3. The molecule has 10 aromatic rings. The van der Waals surface area contributed by atoms with Gasteiger partial charge in [-0.2, -0.15) is 9.97 Å². The fourth-order valence-electron chi connectivity index (χ4n) is 7.01. The minimum absolute atomic E-state index is 0.586. The topological polar surface area (TPSA) is 52.9 Å². The van der Waals surface area contributed by atoms with E-state index in [-0.39, 0.29) is 0 Å². The fourth-order valence-corrected chi connectivity index (χ4v) is 7.01. The van der Waals surface area contributed by atoms with Crippen LogP contribution < -0.4 is 0 Å². The van der Waals surface area contributed by atoms with Gasteiger partial charge in [-0.05, 0) is 48.5 Å². The van der Waals surface area contributed by atoms with Crippen LogP contribution in [0.5, 0.6) is 0 Å². The van der Waals surface area contributed by atoms with Gasteiger partial charge in [-0.1, -0.05) is 109 Å². The number of fused-ring (bicyclic) bond motifs is 8. The summed E-state index contributed by atoms with van der Waals surface area (Å²) in [6.07, 6.45) is 0. The van der Waals surface area contributed by atoms with Gasteiger partial charge in [0.25, 0.3) is 0 Å². The first-order chi connectivity index (χ1) is 23.3. The molecule has 0 atom stereocenters. The molecule has 220 valence electrons. The standard InChI is InChI=1S/C41H26N6/c1-3-13-27(14-4-1)39-42-40(28-15-5-2-6-16-28)44-41(43-39)47-34-20-10-8-18-31(34)32-26-30(23-24-35(32)47)45-36-21-11-12-22-37(36)46-33-19-9-7-17-29(33)25-38(45)46/h1-26H.